The zero-order valence-corrected chi connectivity index (χ0v) is 13.1. The molecule has 0 spiro atoms. The molecular formula is C15H21N3O2S. The van der Waals surface area contributed by atoms with Crippen LogP contribution in [0.3, 0.4) is 0 Å². The summed E-state index contributed by atoms with van der Waals surface area (Å²) in [5.41, 5.74) is 0. The molecule has 2 saturated heterocycles. The summed E-state index contributed by atoms with van der Waals surface area (Å²) in [4.78, 5) is 29.2. The number of nitrogens with zero attached hydrogens (tertiary/aromatic N) is 2. The average molecular weight is 307 g/mol. The van der Waals surface area contributed by atoms with E-state index in [-0.39, 0.29) is 17.7 Å². The van der Waals surface area contributed by atoms with Gasteiger partial charge in [0.25, 0.3) is 5.91 Å². The van der Waals surface area contributed by atoms with Crippen molar-refractivity contribution in [2.24, 2.45) is 11.8 Å². The smallest absolute Gasteiger partial charge is 0.264 e. The van der Waals surface area contributed by atoms with Crippen LogP contribution in [0.2, 0.25) is 0 Å². The van der Waals surface area contributed by atoms with Gasteiger partial charge in [0.05, 0.1) is 4.88 Å². The molecule has 0 saturated carbocycles. The predicted octanol–water partition coefficient (Wildman–Crippen LogP) is 0.888. The third-order valence-corrected chi connectivity index (χ3v) is 5.38. The largest absolute Gasteiger partial charge is 0.339 e. The highest BCUT2D eigenvalue weighted by molar-refractivity contribution is 7.12. The summed E-state index contributed by atoms with van der Waals surface area (Å²) in [6, 6.07) is 3.75. The molecule has 2 aliphatic heterocycles. The van der Waals surface area contributed by atoms with E-state index in [1.165, 1.54) is 11.3 Å². The van der Waals surface area contributed by atoms with Crippen molar-refractivity contribution >= 4 is 23.2 Å². The highest BCUT2D eigenvalue weighted by Crippen LogP contribution is 2.20. The van der Waals surface area contributed by atoms with E-state index < -0.39 is 0 Å². The van der Waals surface area contributed by atoms with Gasteiger partial charge in [-0.1, -0.05) is 13.0 Å². The lowest BCUT2D eigenvalue weighted by atomic mass is 9.88. The number of rotatable bonds is 3. The Hall–Kier alpha value is -1.40. The molecular weight excluding hydrogens is 286 g/mol. The quantitative estimate of drug-likeness (QED) is 0.902. The Kier molecular flexibility index (Phi) is 4.26. The van der Waals surface area contributed by atoms with Crippen LogP contribution in [0.1, 0.15) is 16.6 Å². The van der Waals surface area contributed by atoms with E-state index in [4.69, 9.17) is 0 Å². The van der Waals surface area contributed by atoms with Gasteiger partial charge >= 0.3 is 0 Å². The van der Waals surface area contributed by atoms with Crippen molar-refractivity contribution in [3.8, 4) is 0 Å². The van der Waals surface area contributed by atoms with Gasteiger partial charge in [0.15, 0.2) is 0 Å². The average Bonchev–Trinajstić information content (AvgIpc) is 2.98. The van der Waals surface area contributed by atoms with Crippen LogP contribution in [-0.4, -0.2) is 60.9 Å². The summed E-state index contributed by atoms with van der Waals surface area (Å²) in [5, 5.41) is 5.13. The Morgan fingerprint density at radius 1 is 1.24 bits per heavy atom. The van der Waals surface area contributed by atoms with Gasteiger partial charge in [0.2, 0.25) is 5.91 Å². The fraction of sp³-hybridized carbons (Fsp3) is 0.600. The first-order valence-corrected chi connectivity index (χ1v) is 8.37. The number of thiophene rings is 1. The lowest BCUT2D eigenvalue weighted by Gasteiger charge is -2.39. The third kappa shape index (κ3) is 2.96. The fourth-order valence-electron chi connectivity index (χ4n) is 2.84. The summed E-state index contributed by atoms with van der Waals surface area (Å²) in [7, 11) is 0. The van der Waals surface area contributed by atoms with Crippen molar-refractivity contribution in [2.45, 2.75) is 6.92 Å². The van der Waals surface area contributed by atoms with Crippen molar-refractivity contribution in [3.05, 3.63) is 22.4 Å². The summed E-state index contributed by atoms with van der Waals surface area (Å²) in [6.07, 6.45) is 0. The number of piperazine rings is 1. The molecule has 3 heterocycles. The van der Waals surface area contributed by atoms with Gasteiger partial charge in [-0.25, -0.2) is 0 Å². The maximum absolute atomic E-state index is 12.4. The first kappa shape index (κ1) is 14.5. The maximum Gasteiger partial charge on any atom is 0.264 e. The molecule has 0 radical (unpaired) electrons. The molecule has 21 heavy (non-hydrogen) atoms. The molecule has 1 aromatic heterocycles. The molecule has 5 nitrogen and oxygen atoms in total. The molecule has 114 valence electrons. The minimum absolute atomic E-state index is 0.0887. The fourth-order valence-corrected chi connectivity index (χ4v) is 3.53. The third-order valence-electron chi connectivity index (χ3n) is 4.52. The number of carbonyl (C=O) groups excluding carboxylic acids is 2. The van der Waals surface area contributed by atoms with Crippen LogP contribution in [0, 0.1) is 11.8 Å². The molecule has 1 N–H and O–H groups in total. The lowest BCUT2D eigenvalue weighted by molar-refractivity contribution is -0.138. The monoisotopic (exact) mass is 307 g/mol. The molecule has 6 heteroatoms. The Bertz CT molecular complexity index is 505. The van der Waals surface area contributed by atoms with Gasteiger partial charge in [0.1, 0.15) is 0 Å². The summed E-state index contributed by atoms with van der Waals surface area (Å²) < 4.78 is 0. The standard InChI is InChI=1S/C15H21N3O2S/c1-11(12-9-16-10-12)14(19)17-4-6-18(7-5-17)15(20)13-3-2-8-21-13/h2-3,8,11-12,16H,4-7,9-10H2,1H3. The molecule has 1 aromatic rings. The minimum atomic E-state index is 0.0887. The van der Waals surface area contributed by atoms with Crippen molar-refractivity contribution in [1.29, 1.82) is 0 Å². The Morgan fingerprint density at radius 3 is 2.43 bits per heavy atom. The van der Waals surface area contributed by atoms with Gasteiger partial charge in [0, 0.05) is 32.1 Å². The number of carbonyl (C=O) groups is 2. The van der Waals surface area contributed by atoms with Crippen LogP contribution in [0.4, 0.5) is 0 Å². The highest BCUT2D eigenvalue weighted by Gasteiger charge is 2.33. The van der Waals surface area contributed by atoms with Crippen LogP contribution in [-0.2, 0) is 4.79 Å². The van der Waals surface area contributed by atoms with E-state index in [1.54, 1.807) is 0 Å². The second kappa shape index (κ2) is 6.15. The van der Waals surface area contributed by atoms with Gasteiger partial charge in [-0.15, -0.1) is 11.3 Å². The Labute approximate surface area is 128 Å². The van der Waals surface area contributed by atoms with Crippen LogP contribution in [0.15, 0.2) is 17.5 Å². The first-order chi connectivity index (χ1) is 10.2. The number of hydrogen-bond donors (Lipinski definition) is 1. The second-order valence-electron chi connectivity index (χ2n) is 5.80. The predicted molar refractivity (Wildman–Crippen MR) is 82.3 cm³/mol. The summed E-state index contributed by atoms with van der Waals surface area (Å²) in [5.74, 6) is 0.896. The highest BCUT2D eigenvalue weighted by atomic mass is 32.1. The molecule has 2 fully saturated rings. The SMILES string of the molecule is CC(C(=O)N1CCN(C(=O)c2cccs2)CC1)C1CNC1. The number of nitrogens with one attached hydrogen (secondary N) is 1. The van der Waals surface area contributed by atoms with Crippen molar-refractivity contribution in [2.75, 3.05) is 39.3 Å². The number of hydrogen-bond acceptors (Lipinski definition) is 4. The van der Waals surface area contributed by atoms with Crippen molar-refractivity contribution < 1.29 is 9.59 Å². The molecule has 1 atom stereocenters. The maximum atomic E-state index is 12.4. The molecule has 0 aliphatic carbocycles. The molecule has 1 unspecified atom stereocenters. The van der Waals surface area contributed by atoms with E-state index in [1.807, 2.05) is 34.2 Å². The van der Waals surface area contributed by atoms with E-state index >= 15 is 0 Å². The van der Waals surface area contributed by atoms with Crippen LogP contribution in [0.5, 0.6) is 0 Å². The zero-order valence-electron chi connectivity index (χ0n) is 12.2. The molecule has 0 bridgehead atoms. The molecule has 2 amide bonds. The van der Waals surface area contributed by atoms with Crippen molar-refractivity contribution in [3.63, 3.8) is 0 Å². The van der Waals surface area contributed by atoms with Gasteiger partial charge < -0.3 is 15.1 Å². The lowest BCUT2D eigenvalue weighted by Crippen LogP contribution is -2.55. The minimum Gasteiger partial charge on any atom is -0.339 e. The van der Waals surface area contributed by atoms with Gasteiger partial charge in [-0.05, 0) is 30.5 Å². The van der Waals surface area contributed by atoms with Gasteiger partial charge in [-0.2, -0.15) is 0 Å². The number of amides is 2. The van der Waals surface area contributed by atoms with E-state index in [2.05, 4.69) is 5.32 Å². The second-order valence-corrected chi connectivity index (χ2v) is 6.75. The first-order valence-electron chi connectivity index (χ1n) is 7.49. The topological polar surface area (TPSA) is 52.7 Å². The normalized spacial score (nSPS) is 21.0. The Balaban J connectivity index is 1.52. The molecule has 3 rings (SSSR count). The summed E-state index contributed by atoms with van der Waals surface area (Å²) in [6.45, 7) is 6.50. The Morgan fingerprint density at radius 2 is 1.90 bits per heavy atom. The van der Waals surface area contributed by atoms with Crippen LogP contribution < -0.4 is 5.32 Å². The van der Waals surface area contributed by atoms with Crippen LogP contribution in [0.25, 0.3) is 0 Å². The zero-order chi connectivity index (χ0) is 14.8. The van der Waals surface area contributed by atoms with Crippen molar-refractivity contribution in [1.82, 2.24) is 15.1 Å². The van der Waals surface area contributed by atoms with Gasteiger partial charge in [-0.3, -0.25) is 9.59 Å². The summed E-state index contributed by atoms with van der Waals surface area (Å²) >= 11 is 1.47. The van der Waals surface area contributed by atoms with E-state index in [0.717, 1.165) is 18.0 Å². The van der Waals surface area contributed by atoms with E-state index in [9.17, 15) is 9.59 Å². The molecule has 0 aromatic carbocycles. The van der Waals surface area contributed by atoms with Crippen LogP contribution >= 0.6 is 11.3 Å². The molecule has 2 aliphatic rings. The van der Waals surface area contributed by atoms with E-state index in [0.29, 0.717) is 32.1 Å².